The lowest BCUT2D eigenvalue weighted by molar-refractivity contribution is 0.146. The third-order valence-electron chi connectivity index (χ3n) is 4.01. The minimum Gasteiger partial charge on any atom is -0.493 e. The van der Waals surface area contributed by atoms with Crippen molar-refractivity contribution < 1.29 is 13.2 Å². The number of sulfonamides is 1. The lowest BCUT2D eigenvalue weighted by Gasteiger charge is -2.31. The van der Waals surface area contributed by atoms with Gasteiger partial charge >= 0.3 is 0 Å². The number of halogens is 1. The maximum Gasteiger partial charge on any atom is 0.209 e. The Bertz CT molecular complexity index is 566. The van der Waals surface area contributed by atoms with Gasteiger partial charge in [0.15, 0.2) is 0 Å². The highest BCUT2D eigenvalue weighted by molar-refractivity contribution is 9.10. The van der Waals surface area contributed by atoms with Gasteiger partial charge in [0.1, 0.15) is 5.75 Å². The van der Waals surface area contributed by atoms with Gasteiger partial charge in [-0.25, -0.2) is 13.6 Å². The van der Waals surface area contributed by atoms with Crippen molar-refractivity contribution in [3.05, 3.63) is 28.7 Å². The molecule has 0 aliphatic heterocycles. The number of nitrogens with two attached hydrogens (primary N) is 1. The highest BCUT2D eigenvalue weighted by Gasteiger charge is 2.35. The van der Waals surface area contributed by atoms with Crippen LogP contribution in [-0.2, 0) is 10.0 Å². The van der Waals surface area contributed by atoms with Crippen LogP contribution >= 0.6 is 15.9 Å². The molecule has 0 unspecified atom stereocenters. The standard InChI is InChI=1S/C15H22BrNO3S/c16-13-6-5-7-14(10-13)20-11-15(12-21(17,18)19)8-3-1-2-4-9-15/h5-7,10H,1-4,8-9,11-12H2,(H2,17,18,19). The molecule has 2 N–H and O–H groups in total. The van der Waals surface area contributed by atoms with Crippen LogP contribution in [0.3, 0.4) is 0 Å². The van der Waals surface area contributed by atoms with Crippen LogP contribution in [0.25, 0.3) is 0 Å². The minimum atomic E-state index is -3.50. The summed E-state index contributed by atoms with van der Waals surface area (Å²) in [6, 6.07) is 7.60. The van der Waals surface area contributed by atoms with Crippen molar-refractivity contribution in [2.45, 2.75) is 38.5 Å². The average molecular weight is 376 g/mol. The first kappa shape index (κ1) is 16.8. The molecule has 1 aromatic carbocycles. The van der Waals surface area contributed by atoms with Crippen LogP contribution < -0.4 is 9.88 Å². The van der Waals surface area contributed by atoms with Crippen LogP contribution in [0.1, 0.15) is 38.5 Å². The first-order chi connectivity index (χ1) is 9.89. The maximum atomic E-state index is 11.6. The second-order valence-electron chi connectivity index (χ2n) is 5.97. The lowest BCUT2D eigenvalue weighted by atomic mass is 9.83. The minimum absolute atomic E-state index is 0.00794. The molecule has 0 bridgehead atoms. The summed E-state index contributed by atoms with van der Waals surface area (Å²) in [4.78, 5) is 0. The van der Waals surface area contributed by atoms with E-state index in [9.17, 15) is 8.42 Å². The summed E-state index contributed by atoms with van der Waals surface area (Å²) < 4.78 is 30.0. The number of hydrogen-bond acceptors (Lipinski definition) is 3. The highest BCUT2D eigenvalue weighted by atomic mass is 79.9. The Morgan fingerprint density at radius 3 is 2.43 bits per heavy atom. The van der Waals surface area contributed by atoms with Crippen LogP contribution in [0.2, 0.25) is 0 Å². The summed E-state index contributed by atoms with van der Waals surface area (Å²) in [6.45, 7) is 0.403. The van der Waals surface area contributed by atoms with Crippen LogP contribution in [0.4, 0.5) is 0 Å². The zero-order chi connectivity index (χ0) is 15.3. The van der Waals surface area contributed by atoms with Crippen molar-refractivity contribution in [2.75, 3.05) is 12.4 Å². The monoisotopic (exact) mass is 375 g/mol. The quantitative estimate of drug-likeness (QED) is 0.801. The Morgan fingerprint density at radius 1 is 1.19 bits per heavy atom. The Kier molecular flexibility index (Phi) is 5.68. The molecule has 0 spiro atoms. The van der Waals surface area contributed by atoms with Gasteiger partial charge in [-0.2, -0.15) is 0 Å². The first-order valence-corrected chi connectivity index (χ1v) is 9.78. The van der Waals surface area contributed by atoms with E-state index in [1.54, 1.807) is 0 Å². The zero-order valence-electron chi connectivity index (χ0n) is 12.1. The number of hydrogen-bond donors (Lipinski definition) is 1. The van der Waals surface area contributed by atoms with E-state index in [1.165, 1.54) is 0 Å². The summed E-state index contributed by atoms with van der Waals surface area (Å²) >= 11 is 3.41. The predicted octanol–water partition coefficient (Wildman–Crippen LogP) is 3.46. The Morgan fingerprint density at radius 2 is 1.86 bits per heavy atom. The van der Waals surface area contributed by atoms with Crippen molar-refractivity contribution in [1.82, 2.24) is 0 Å². The van der Waals surface area contributed by atoms with Gasteiger partial charge in [-0.3, -0.25) is 0 Å². The van der Waals surface area contributed by atoms with E-state index in [1.807, 2.05) is 24.3 Å². The van der Waals surface area contributed by atoms with E-state index in [-0.39, 0.29) is 11.2 Å². The summed E-state index contributed by atoms with van der Waals surface area (Å²) in [5, 5.41) is 5.30. The van der Waals surface area contributed by atoms with Gasteiger partial charge in [-0.1, -0.05) is 47.7 Å². The van der Waals surface area contributed by atoms with Crippen LogP contribution in [0.5, 0.6) is 5.75 Å². The highest BCUT2D eigenvalue weighted by Crippen LogP contribution is 2.37. The van der Waals surface area contributed by atoms with Crippen LogP contribution in [0, 0.1) is 5.41 Å². The molecule has 0 aromatic heterocycles. The van der Waals surface area contributed by atoms with Crippen LogP contribution in [0.15, 0.2) is 28.7 Å². The molecule has 1 fully saturated rings. The van der Waals surface area contributed by atoms with Gasteiger partial charge in [0.05, 0.1) is 12.4 Å². The van der Waals surface area contributed by atoms with Gasteiger partial charge < -0.3 is 4.74 Å². The topological polar surface area (TPSA) is 69.4 Å². The fourth-order valence-corrected chi connectivity index (χ4v) is 4.63. The molecule has 21 heavy (non-hydrogen) atoms. The second kappa shape index (κ2) is 7.11. The Labute approximate surface area is 135 Å². The second-order valence-corrected chi connectivity index (χ2v) is 8.50. The molecule has 0 atom stereocenters. The van der Waals surface area contributed by atoms with Crippen molar-refractivity contribution in [1.29, 1.82) is 0 Å². The van der Waals surface area contributed by atoms with E-state index >= 15 is 0 Å². The van der Waals surface area contributed by atoms with Gasteiger partial charge in [-0.05, 0) is 31.0 Å². The molecule has 1 aliphatic carbocycles. The molecule has 4 nitrogen and oxygen atoms in total. The van der Waals surface area contributed by atoms with Crippen LogP contribution in [-0.4, -0.2) is 20.8 Å². The van der Waals surface area contributed by atoms with E-state index < -0.39 is 10.0 Å². The molecule has 0 heterocycles. The Hall–Kier alpha value is -0.590. The molecule has 0 saturated heterocycles. The van der Waals surface area contributed by atoms with E-state index in [2.05, 4.69) is 15.9 Å². The number of benzene rings is 1. The molecule has 0 amide bonds. The van der Waals surface area contributed by atoms with Crippen molar-refractivity contribution in [2.24, 2.45) is 10.6 Å². The third-order valence-corrected chi connectivity index (χ3v) is 5.52. The fraction of sp³-hybridized carbons (Fsp3) is 0.600. The first-order valence-electron chi connectivity index (χ1n) is 7.28. The average Bonchev–Trinajstić information content (AvgIpc) is 2.61. The number of ether oxygens (including phenoxy) is 1. The summed E-state index contributed by atoms with van der Waals surface area (Å²) in [5.41, 5.74) is -0.355. The molecular formula is C15H22BrNO3S. The molecule has 2 rings (SSSR count). The van der Waals surface area contributed by atoms with E-state index in [0.29, 0.717) is 6.61 Å². The zero-order valence-corrected chi connectivity index (χ0v) is 14.5. The van der Waals surface area contributed by atoms with E-state index in [4.69, 9.17) is 9.88 Å². The predicted molar refractivity (Wildman–Crippen MR) is 87.7 cm³/mol. The van der Waals surface area contributed by atoms with Crippen molar-refractivity contribution >= 4 is 26.0 Å². The fourth-order valence-electron chi connectivity index (χ4n) is 3.03. The van der Waals surface area contributed by atoms with Gasteiger partial charge in [0.25, 0.3) is 0 Å². The van der Waals surface area contributed by atoms with E-state index in [0.717, 1.165) is 48.7 Å². The third kappa shape index (κ3) is 5.60. The van der Waals surface area contributed by atoms with Gasteiger partial charge in [0, 0.05) is 9.89 Å². The largest absolute Gasteiger partial charge is 0.493 e. The molecule has 118 valence electrons. The molecule has 1 aliphatic rings. The normalized spacial score (nSPS) is 19.0. The molecule has 1 saturated carbocycles. The summed E-state index contributed by atoms with van der Waals surface area (Å²) in [7, 11) is -3.50. The Balaban J connectivity index is 2.11. The molecule has 0 radical (unpaired) electrons. The maximum absolute atomic E-state index is 11.6. The van der Waals surface area contributed by atoms with Crippen molar-refractivity contribution in [3.63, 3.8) is 0 Å². The number of rotatable bonds is 5. The van der Waals surface area contributed by atoms with Gasteiger partial charge in [-0.15, -0.1) is 0 Å². The lowest BCUT2D eigenvalue weighted by Crippen LogP contribution is -2.38. The summed E-state index contributed by atoms with van der Waals surface area (Å²) in [6.07, 6.45) is 6.11. The SMILES string of the molecule is NS(=O)(=O)CC1(COc2cccc(Br)c2)CCCCCC1. The molecular weight excluding hydrogens is 354 g/mol. The summed E-state index contributed by atoms with van der Waals surface area (Å²) in [5.74, 6) is 0.760. The molecule has 1 aromatic rings. The molecule has 6 heteroatoms. The number of primary sulfonamides is 1. The van der Waals surface area contributed by atoms with Gasteiger partial charge in [0.2, 0.25) is 10.0 Å². The smallest absolute Gasteiger partial charge is 0.209 e. The van der Waals surface area contributed by atoms with Crippen molar-refractivity contribution in [3.8, 4) is 5.75 Å².